The largest absolute Gasteiger partial charge is 0.497 e. The smallest absolute Gasteiger partial charge is 0.186 e. The van der Waals surface area contributed by atoms with E-state index in [1.54, 1.807) is 30.5 Å². The highest BCUT2D eigenvalue weighted by Gasteiger charge is 2.20. The van der Waals surface area contributed by atoms with Gasteiger partial charge in [-0.1, -0.05) is 0 Å². The van der Waals surface area contributed by atoms with Gasteiger partial charge in [0, 0.05) is 10.9 Å². The van der Waals surface area contributed by atoms with Gasteiger partial charge in [0.25, 0.3) is 0 Å². The van der Waals surface area contributed by atoms with Crippen LogP contribution in [0.5, 0.6) is 11.5 Å². The summed E-state index contributed by atoms with van der Waals surface area (Å²) in [6.45, 7) is 4.46. The molecule has 1 aromatic carbocycles. The van der Waals surface area contributed by atoms with E-state index >= 15 is 0 Å². The summed E-state index contributed by atoms with van der Waals surface area (Å²) >= 11 is 1.69. The molecule has 1 aliphatic rings. The first-order valence-electron chi connectivity index (χ1n) is 7.45. The van der Waals surface area contributed by atoms with Crippen molar-refractivity contribution in [1.29, 1.82) is 0 Å². The Kier molecular flexibility index (Phi) is 4.49. The molecule has 1 fully saturated rings. The second kappa shape index (κ2) is 6.54. The predicted molar refractivity (Wildman–Crippen MR) is 89.5 cm³/mol. The highest BCUT2D eigenvalue weighted by Crippen LogP contribution is 2.35. The van der Waals surface area contributed by atoms with E-state index in [1.807, 2.05) is 18.2 Å². The molecule has 1 aromatic heterocycles. The summed E-state index contributed by atoms with van der Waals surface area (Å²) in [5, 5.41) is 3.19. The number of anilines is 1. The van der Waals surface area contributed by atoms with Crippen LogP contribution in [0, 0.1) is 0 Å². The lowest BCUT2D eigenvalue weighted by Crippen LogP contribution is -3.12. The van der Waals surface area contributed by atoms with Crippen molar-refractivity contribution < 1.29 is 14.4 Å². The number of hydrogen-bond donors (Lipinski definition) is 1. The van der Waals surface area contributed by atoms with Gasteiger partial charge in [-0.2, -0.15) is 0 Å². The molecular formula is C16H22N3O2S+. The Bertz CT molecular complexity index is 636. The monoisotopic (exact) mass is 320 g/mol. The molecule has 2 aromatic rings. The minimum absolute atomic E-state index is 0.813. The van der Waals surface area contributed by atoms with E-state index < -0.39 is 0 Å². The summed E-state index contributed by atoms with van der Waals surface area (Å²) in [7, 11) is 5.60. The van der Waals surface area contributed by atoms with Crippen LogP contribution in [-0.2, 0) is 0 Å². The maximum absolute atomic E-state index is 5.46. The van der Waals surface area contributed by atoms with Gasteiger partial charge in [0.05, 0.1) is 53.1 Å². The number of nitrogens with zero attached hydrogens (tertiary/aromatic N) is 2. The fraction of sp³-hybridized carbons (Fsp3) is 0.438. The number of thiazole rings is 1. The molecule has 0 atom stereocenters. The molecule has 3 rings (SSSR count). The van der Waals surface area contributed by atoms with Crippen LogP contribution < -0.4 is 19.3 Å². The molecule has 5 nitrogen and oxygen atoms in total. The van der Waals surface area contributed by atoms with Crippen LogP contribution in [0.2, 0.25) is 0 Å². The molecule has 0 saturated carbocycles. The lowest BCUT2D eigenvalue weighted by atomic mass is 10.1. The van der Waals surface area contributed by atoms with Crippen molar-refractivity contribution in [2.45, 2.75) is 0 Å². The van der Waals surface area contributed by atoms with Crippen LogP contribution in [0.15, 0.2) is 23.6 Å². The summed E-state index contributed by atoms with van der Waals surface area (Å²) in [4.78, 5) is 8.77. The zero-order valence-electron chi connectivity index (χ0n) is 13.3. The number of benzene rings is 1. The van der Waals surface area contributed by atoms with Gasteiger partial charge in [-0.05, 0) is 18.2 Å². The fourth-order valence-electron chi connectivity index (χ4n) is 2.63. The molecule has 6 heteroatoms. The minimum atomic E-state index is 0.813. The second-order valence-electron chi connectivity index (χ2n) is 5.53. The molecule has 0 radical (unpaired) electrons. The summed E-state index contributed by atoms with van der Waals surface area (Å²) in [5.74, 6) is 1.63. The zero-order valence-corrected chi connectivity index (χ0v) is 14.1. The Morgan fingerprint density at radius 3 is 2.64 bits per heavy atom. The van der Waals surface area contributed by atoms with Crippen LogP contribution >= 0.6 is 11.3 Å². The third kappa shape index (κ3) is 3.03. The van der Waals surface area contributed by atoms with Crippen LogP contribution in [0.25, 0.3) is 11.3 Å². The number of aromatic nitrogens is 1. The number of rotatable bonds is 4. The van der Waals surface area contributed by atoms with E-state index in [2.05, 4.69) is 17.3 Å². The summed E-state index contributed by atoms with van der Waals surface area (Å²) in [6.07, 6.45) is 0. The molecule has 2 heterocycles. The van der Waals surface area contributed by atoms with Gasteiger partial charge in [-0.3, -0.25) is 0 Å². The van der Waals surface area contributed by atoms with E-state index in [1.165, 1.54) is 0 Å². The number of hydrogen-bond acceptors (Lipinski definition) is 5. The number of nitrogens with one attached hydrogen (secondary N) is 1. The molecule has 1 N–H and O–H groups in total. The van der Waals surface area contributed by atoms with E-state index in [0.717, 1.165) is 54.1 Å². The van der Waals surface area contributed by atoms with Gasteiger partial charge in [-0.25, -0.2) is 4.98 Å². The minimum Gasteiger partial charge on any atom is -0.497 e. The molecule has 0 spiro atoms. The average molecular weight is 320 g/mol. The third-order valence-corrected chi connectivity index (χ3v) is 4.96. The summed E-state index contributed by atoms with van der Waals surface area (Å²) in [6, 6.07) is 5.80. The number of methoxy groups -OCH3 is 2. The van der Waals surface area contributed by atoms with E-state index in [4.69, 9.17) is 14.5 Å². The van der Waals surface area contributed by atoms with Gasteiger partial charge in [0.15, 0.2) is 5.13 Å². The average Bonchev–Trinajstić information content (AvgIpc) is 3.04. The van der Waals surface area contributed by atoms with Crippen LogP contribution in [0.1, 0.15) is 0 Å². The predicted octanol–water partition coefficient (Wildman–Crippen LogP) is 1.16. The molecular weight excluding hydrogens is 298 g/mol. The maximum atomic E-state index is 5.46. The molecule has 0 unspecified atom stereocenters. The number of quaternary nitrogens is 1. The standard InChI is InChI=1S/C16H21N3O2S/c1-18-6-8-19(9-7-18)16-17-14(11-22-16)13-10-12(20-2)4-5-15(13)21-3/h4-5,10-11H,6-9H2,1-3H3/p+1. The Morgan fingerprint density at radius 2 is 1.95 bits per heavy atom. The van der Waals surface area contributed by atoms with Gasteiger partial charge in [-0.15, -0.1) is 11.3 Å². The Labute approximate surface area is 135 Å². The topological polar surface area (TPSA) is 39.0 Å². The fourth-order valence-corrected chi connectivity index (χ4v) is 3.51. The first-order valence-corrected chi connectivity index (χ1v) is 8.33. The number of piperazine rings is 1. The van der Waals surface area contributed by atoms with Crippen LogP contribution in [0.3, 0.4) is 0 Å². The third-order valence-electron chi connectivity index (χ3n) is 4.06. The lowest BCUT2D eigenvalue weighted by Gasteiger charge is -2.29. The van der Waals surface area contributed by atoms with Crippen molar-refractivity contribution in [3.63, 3.8) is 0 Å². The second-order valence-corrected chi connectivity index (χ2v) is 6.36. The molecule has 22 heavy (non-hydrogen) atoms. The van der Waals surface area contributed by atoms with Crippen molar-refractivity contribution in [2.24, 2.45) is 0 Å². The molecule has 0 bridgehead atoms. The van der Waals surface area contributed by atoms with Crippen LogP contribution in [-0.4, -0.2) is 52.4 Å². The Balaban J connectivity index is 1.87. The normalized spacial score (nSPS) is 15.9. The van der Waals surface area contributed by atoms with Crippen molar-refractivity contribution in [3.05, 3.63) is 23.6 Å². The molecule has 0 amide bonds. The lowest BCUT2D eigenvalue weighted by molar-refractivity contribution is -0.880. The number of likely N-dealkylation sites (N-methyl/N-ethyl adjacent to an activating group) is 1. The van der Waals surface area contributed by atoms with Crippen LogP contribution in [0.4, 0.5) is 5.13 Å². The van der Waals surface area contributed by atoms with Gasteiger partial charge >= 0.3 is 0 Å². The van der Waals surface area contributed by atoms with Crippen molar-refractivity contribution in [1.82, 2.24) is 4.98 Å². The first kappa shape index (κ1) is 15.1. The van der Waals surface area contributed by atoms with E-state index in [9.17, 15) is 0 Å². The van der Waals surface area contributed by atoms with Gasteiger partial charge < -0.3 is 19.3 Å². The van der Waals surface area contributed by atoms with E-state index in [0.29, 0.717) is 0 Å². The van der Waals surface area contributed by atoms with Crippen molar-refractivity contribution in [3.8, 4) is 22.8 Å². The Morgan fingerprint density at radius 1 is 1.18 bits per heavy atom. The van der Waals surface area contributed by atoms with Gasteiger partial charge in [0.2, 0.25) is 0 Å². The maximum Gasteiger partial charge on any atom is 0.186 e. The van der Waals surface area contributed by atoms with Crippen molar-refractivity contribution >= 4 is 16.5 Å². The molecule has 1 saturated heterocycles. The quantitative estimate of drug-likeness (QED) is 0.918. The highest BCUT2D eigenvalue weighted by molar-refractivity contribution is 7.14. The van der Waals surface area contributed by atoms with Crippen molar-refractivity contribution in [2.75, 3.05) is 52.3 Å². The zero-order chi connectivity index (χ0) is 15.5. The SMILES string of the molecule is COc1ccc(OC)c(-c2csc(N3CC[NH+](C)CC3)n2)c1. The summed E-state index contributed by atoms with van der Waals surface area (Å²) < 4.78 is 10.8. The number of ether oxygens (including phenoxy) is 2. The first-order chi connectivity index (χ1) is 10.7. The van der Waals surface area contributed by atoms with E-state index in [-0.39, 0.29) is 0 Å². The summed E-state index contributed by atoms with van der Waals surface area (Å²) in [5.41, 5.74) is 1.92. The molecule has 118 valence electrons. The molecule has 1 aliphatic heterocycles. The molecule has 0 aliphatic carbocycles. The van der Waals surface area contributed by atoms with Gasteiger partial charge in [0.1, 0.15) is 11.5 Å². The highest BCUT2D eigenvalue weighted by atomic mass is 32.1. The Hall–Kier alpha value is -1.79.